The molecule has 0 N–H and O–H groups in total. The largest absolute Gasteiger partial charge is 0.496 e. The van der Waals surface area contributed by atoms with Gasteiger partial charge in [-0.15, -0.1) is 0 Å². The van der Waals surface area contributed by atoms with Gasteiger partial charge < -0.3 is 4.74 Å². The molecule has 1 aromatic carbocycles. The van der Waals surface area contributed by atoms with Gasteiger partial charge in [0.05, 0.1) is 19.2 Å². The third kappa shape index (κ3) is 3.65. The number of rotatable bonds is 6. The van der Waals surface area contributed by atoms with E-state index in [-0.39, 0.29) is 5.78 Å². The maximum Gasteiger partial charge on any atom is 0.180 e. The molecule has 0 bridgehead atoms. The van der Waals surface area contributed by atoms with Crippen LogP contribution in [0.5, 0.6) is 5.75 Å². The standard InChI is InChI=1S/C16H18N2O2/c1-18(11-13-7-9-17-10-8-13)12-15(19)14-5-3-4-6-16(14)20-2/h3-10H,11-12H2,1-2H3. The van der Waals surface area contributed by atoms with Crippen molar-refractivity contribution in [3.63, 3.8) is 0 Å². The minimum Gasteiger partial charge on any atom is -0.496 e. The van der Waals surface area contributed by atoms with Crippen molar-refractivity contribution in [3.8, 4) is 5.75 Å². The Hall–Kier alpha value is -2.20. The van der Waals surface area contributed by atoms with Gasteiger partial charge in [-0.2, -0.15) is 0 Å². The molecule has 0 aliphatic heterocycles. The van der Waals surface area contributed by atoms with Gasteiger partial charge in [-0.1, -0.05) is 12.1 Å². The van der Waals surface area contributed by atoms with Gasteiger partial charge in [-0.3, -0.25) is 14.7 Å². The molecule has 1 heterocycles. The minimum atomic E-state index is 0.0546. The Balaban J connectivity index is 2.00. The zero-order chi connectivity index (χ0) is 14.4. The molecule has 104 valence electrons. The maximum absolute atomic E-state index is 12.3. The number of Topliss-reactive ketones (excluding diaryl/α,β-unsaturated/α-hetero) is 1. The molecule has 0 aliphatic carbocycles. The lowest BCUT2D eigenvalue weighted by Gasteiger charge is -2.16. The molecule has 0 aliphatic rings. The number of ketones is 1. The number of carbonyl (C=O) groups excluding carboxylic acids is 1. The van der Waals surface area contributed by atoms with Crippen molar-refractivity contribution in [1.29, 1.82) is 0 Å². The molecule has 0 saturated heterocycles. The van der Waals surface area contributed by atoms with E-state index in [4.69, 9.17) is 4.74 Å². The fourth-order valence-electron chi connectivity index (χ4n) is 2.06. The second kappa shape index (κ2) is 6.82. The lowest BCUT2D eigenvalue weighted by molar-refractivity contribution is 0.0940. The lowest BCUT2D eigenvalue weighted by atomic mass is 10.1. The quantitative estimate of drug-likeness (QED) is 0.756. The SMILES string of the molecule is COc1ccccc1C(=O)CN(C)Cc1ccncc1. The summed E-state index contributed by atoms with van der Waals surface area (Å²) in [4.78, 5) is 18.2. The normalized spacial score (nSPS) is 10.6. The number of aromatic nitrogens is 1. The summed E-state index contributed by atoms with van der Waals surface area (Å²) in [6, 6.07) is 11.2. The monoisotopic (exact) mass is 270 g/mol. The molecule has 4 heteroatoms. The van der Waals surface area contributed by atoms with Gasteiger partial charge >= 0.3 is 0 Å². The predicted molar refractivity (Wildman–Crippen MR) is 77.9 cm³/mol. The first-order chi connectivity index (χ1) is 9.70. The van der Waals surface area contributed by atoms with Gasteiger partial charge in [0.2, 0.25) is 0 Å². The summed E-state index contributed by atoms with van der Waals surface area (Å²) in [5.41, 5.74) is 1.76. The van der Waals surface area contributed by atoms with E-state index in [9.17, 15) is 4.79 Å². The van der Waals surface area contributed by atoms with Crippen molar-refractivity contribution in [2.24, 2.45) is 0 Å². The van der Waals surface area contributed by atoms with Crippen LogP contribution >= 0.6 is 0 Å². The summed E-state index contributed by atoms with van der Waals surface area (Å²) in [6.07, 6.45) is 3.51. The summed E-state index contributed by atoms with van der Waals surface area (Å²) in [6.45, 7) is 1.06. The van der Waals surface area contributed by atoms with Crippen LogP contribution < -0.4 is 4.74 Å². The number of hydrogen-bond acceptors (Lipinski definition) is 4. The number of ether oxygens (including phenoxy) is 1. The molecular formula is C16H18N2O2. The summed E-state index contributed by atoms with van der Waals surface area (Å²) < 4.78 is 5.22. The third-order valence-electron chi connectivity index (χ3n) is 3.02. The van der Waals surface area contributed by atoms with Gasteiger partial charge in [0.25, 0.3) is 0 Å². The van der Waals surface area contributed by atoms with Crippen molar-refractivity contribution >= 4 is 5.78 Å². The summed E-state index contributed by atoms with van der Waals surface area (Å²) >= 11 is 0. The third-order valence-corrected chi connectivity index (χ3v) is 3.02. The summed E-state index contributed by atoms with van der Waals surface area (Å²) in [5.74, 6) is 0.675. The molecule has 0 unspecified atom stereocenters. The Labute approximate surface area is 119 Å². The van der Waals surface area contributed by atoms with Crippen molar-refractivity contribution in [2.45, 2.75) is 6.54 Å². The zero-order valence-corrected chi connectivity index (χ0v) is 11.7. The van der Waals surface area contributed by atoms with E-state index in [1.807, 2.05) is 36.2 Å². The first-order valence-corrected chi connectivity index (χ1v) is 6.44. The van der Waals surface area contributed by atoms with Crippen LogP contribution in [-0.2, 0) is 6.54 Å². The Kier molecular flexibility index (Phi) is 4.85. The van der Waals surface area contributed by atoms with Crippen LogP contribution in [0.1, 0.15) is 15.9 Å². The highest BCUT2D eigenvalue weighted by molar-refractivity contribution is 6.00. The molecule has 2 rings (SSSR count). The van der Waals surface area contributed by atoms with Crippen LogP contribution in [0.25, 0.3) is 0 Å². The molecule has 4 nitrogen and oxygen atoms in total. The number of nitrogens with zero attached hydrogens (tertiary/aromatic N) is 2. The van der Waals surface area contributed by atoms with Crippen LogP contribution in [0.15, 0.2) is 48.8 Å². The van der Waals surface area contributed by atoms with Crippen LogP contribution in [0.2, 0.25) is 0 Å². The molecule has 0 atom stereocenters. The fourth-order valence-corrected chi connectivity index (χ4v) is 2.06. The number of pyridine rings is 1. The fraction of sp³-hybridized carbons (Fsp3) is 0.250. The number of carbonyl (C=O) groups is 1. The molecule has 20 heavy (non-hydrogen) atoms. The average molecular weight is 270 g/mol. The minimum absolute atomic E-state index is 0.0546. The zero-order valence-electron chi connectivity index (χ0n) is 11.7. The predicted octanol–water partition coefficient (Wildman–Crippen LogP) is 2.40. The summed E-state index contributed by atoms with van der Waals surface area (Å²) in [5, 5.41) is 0. The van der Waals surface area contributed by atoms with E-state index in [1.54, 1.807) is 31.6 Å². The number of likely N-dealkylation sites (N-methyl/N-ethyl adjacent to an activating group) is 1. The Bertz CT molecular complexity index is 570. The van der Waals surface area contributed by atoms with Crippen LogP contribution in [0.3, 0.4) is 0 Å². The maximum atomic E-state index is 12.3. The van der Waals surface area contributed by atoms with Crippen molar-refractivity contribution in [1.82, 2.24) is 9.88 Å². The van der Waals surface area contributed by atoms with Gasteiger partial charge in [0, 0.05) is 18.9 Å². The lowest BCUT2D eigenvalue weighted by Crippen LogP contribution is -2.25. The van der Waals surface area contributed by atoms with Gasteiger partial charge in [-0.25, -0.2) is 0 Å². The second-order valence-electron chi connectivity index (χ2n) is 4.65. The van der Waals surface area contributed by atoms with Crippen molar-refractivity contribution in [2.75, 3.05) is 20.7 Å². The molecule has 0 amide bonds. The molecule has 0 saturated carbocycles. The Morgan fingerprint density at radius 1 is 1.20 bits per heavy atom. The highest BCUT2D eigenvalue weighted by atomic mass is 16.5. The number of para-hydroxylation sites is 1. The number of methoxy groups -OCH3 is 1. The molecular weight excluding hydrogens is 252 g/mol. The Morgan fingerprint density at radius 3 is 2.60 bits per heavy atom. The van der Waals surface area contributed by atoms with Crippen LogP contribution in [0, 0.1) is 0 Å². The molecule has 0 spiro atoms. The van der Waals surface area contributed by atoms with E-state index in [0.29, 0.717) is 24.4 Å². The highest BCUT2D eigenvalue weighted by Gasteiger charge is 2.13. The smallest absolute Gasteiger partial charge is 0.180 e. The number of benzene rings is 1. The first-order valence-electron chi connectivity index (χ1n) is 6.44. The van der Waals surface area contributed by atoms with Gasteiger partial charge in [0.1, 0.15) is 5.75 Å². The van der Waals surface area contributed by atoms with E-state index < -0.39 is 0 Å². The molecule has 1 aromatic heterocycles. The van der Waals surface area contributed by atoms with E-state index >= 15 is 0 Å². The van der Waals surface area contributed by atoms with Crippen molar-refractivity contribution in [3.05, 3.63) is 59.9 Å². The van der Waals surface area contributed by atoms with Gasteiger partial charge in [0.15, 0.2) is 5.78 Å². The molecule has 2 aromatic rings. The topological polar surface area (TPSA) is 42.4 Å². The van der Waals surface area contributed by atoms with E-state index in [0.717, 1.165) is 5.56 Å². The summed E-state index contributed by atoms with van der Waals surface area (Å²) in [7, 11) is 3.50. The average Bonchev–Trinajstić information content (AvgIpc) is 2.48. The Morgan fingerprint density at radius 2 is 1.90 bits per heavy atom. The number of hydrogen-bond donors (Lipinski definition) is 0. The van der Waals surface area contributed by atoms with E-state index in [2.05, 4.69) is 4.98 Å². The second-order valence-corrected chi connectivity index (χ2v) is 4.65. The highest BCUT2D eigenvalue weighted by Crippen LogP contribution is 2.18. The van der Waals surface area contributed by atoms with Gasteiger partial charge in [-0.05, 0) is 36.9 Å². The van der Waals surface area contributed by atoms with Crippen LogP contribution in [0.4, 0.5) is 0 Å². The molecule has 0 radical (unpaired) electrons. The van der Waals surface area contributed by atoms with E-state index in [1.165, 1.54) is 0 Å². The van der Waals surface area contributed by atoms with Crippen molar-refractivity contribution < 1.29 is 9.53 Å². The molecule has 0 fully saturated rings. The first kappa shape index (κ1) is 14.2. The van der Waals surface area contributed by atoms with Crippen LogP contribution in [-0.4, -0.2) is 36.4 Å².